The standard InChI is InChI=1S/C29H38N8O10S2/c1-14-11-17(9-10-32-14)33-23(30)16-5-7-19-15(12-16)6-8-20(45-19)29(4,26(40)41)46-36-21(18-13-48-27(31)34-18)24(38)35-22-25(39)37(28(22,2)3)47-49(42,43)44/h5,7,12-14,17,20,22,32H,6,8-11H2,1-4H3,(H2,30,33)(H2,31,34)(H,35,38)(H,40,41)(H,42,43,44)/b36-21-/t14-,17-,20-,22-,29+/m1/s1. The molecule has 266 valence electrons. The van der Waals surface area contributed by atoms with Crippen LogP contribution in [0.25, 0.3) is 0 Å². The number of thiazole rings is 1. The van der Waals surface area contributed by atoms with Crippen LogP contribution in [0.5, 0.6) is 5.75 Å². The Bertz CT molecular complexity index is 1800. The molecule has 2 aromatic rings. The highest BCUT2D eigenvalue weighted by Gasteiger charge is 2.58. The summed E-state index contributed by atoms with van der Waals surface area (Å²) in [4.78, 5) is 48.3. The van der Waals surface area contributed by atoms with Crippen LogP contribution in [0.15, 0.2) is 28.7 Å². The van der Waals surface area contributed by atoms with Gasteiger partial charge in [0.1, 0.15) is 23.3 Å². The minimum atomic E-state index is -5.03. The summed E-state index contributed by atoms with van der Waals surface area (Å²) < 4.78 is 41.8. The zero-order valence-electron chi connectivity index (χ0n) is 27.1. The Balaban J connectivity index is 1.32. The second-order valence-electron chi connectivity index (χ2n) is 12.8. The average Bonchev–Trinajstić information content (AvgIpc) is 3.46. The highest BCUT2D eigenvalue weighted by atomic mass is 32.3. The third-order valence-electron chi connectivity index (χ3n) is 8.73. The molecule has 4 heterocycles. The van der Waals surface area contributed by atoms with Crippen molar-refractivity contribution in [3.63, 3.8) is 0 Å². The number of carboxylic acid groups (broad SMARTS) is 1. The maximum absolute atomic E-state index is 13.5. The van der Waals surface area contributed by atoms with Gasteiger partial charge in [-0.1, -0.05) is 5.16 Å². The molecule has 0 aliphatic carbocycles. The molecular formula is C29H38N8O10S2. The third kappa shape index (κ3) is 7.62. The Morgan fingerprint density at radius 1 is 1.31 bits per heavy atom. The minimum absolute atomic E-state index is 0.0597. The first-order valence-electron chi connectivity index (χ1n) is 15.3. The van der Waals surface area contributed by atoms with Gasteiger partial charge in [-0.3, -0.25) is 19.6 Å². The highest BCUT2D eigenvalue weighted by Crippen LogP contribution is 2.35. The molecule has 3 aliphatic rings. The number of amidine groups is 1. The molecule has 2 saturated heterocycles. The van der Waals surface area contributed by atoms with Crippen LogP contribution in [0.1, 0.15) is 63.8 Å². The van der Waals surface area contributed by atoms with Crippen LogP contribution in [0.4, 0.5) is 5.13 Å². The summed E-state index contributed by atoms with van der Waals surface area (Å²) in [6, 6.07) is 4.43. The number of aliphatic carboxylic acids is 1. The lowest BCUT2D eigenvalue weighted by molar-refractivity contribution is -0.218. The Labute approximate surface area is 285 Å². The first-order chi connectivity index (χ1) is 22.9. The molecule has 0 spiro atoms. The van der Waals surface area contributed by atoms with Crippen LogP contribution in [0.3, 0.4) is 0 Å². The number of hydrogen-bond acceptors (Lipinski definition) is 14. The number of hydrogen-bond donors (Lipinski definition) is 7. The first kappa shape index (κ1) is 35.9. The number of hydroxylamine groups is 2. The Morgan fingerprint density at radius 3 is 2.65 bits per heavy atom. The SMILES string of the molecule is C[C@@H]1C[C@H](NC(=N)c2ccc3c(c2)CC[C@H]([C@](C)(O/N=C(\C(=O)N[C@@H]2C(=O)N(OS(=O)(=O)O)C2(C)C)c2csc(N)n2)C(=O)O)O3)CCN1. The molecule has 0 radical (unpaired) electrons. The predicted molar refractivity (Wildman–Crippen MR) is 175 cm³/mol. The van der Waals surface area contributed by atoms with E-state index in [1.165, 1.54) is 26.2 Å². The third-order valence-corrected chi connectivity index (χ3v) is 9.74. The molecule has 1 aromatic heterocycles. The van der Waals surface area contributed by atoms with Crippen molar-refractivity contribution in [1.29, 1.82) is 5.41 Å². The molecule has 3 aliphatic heterocycles. The molecule has 0 saturated carbocycles. The fourth-order valence-electron chi connectivity index (χ4n) is 5.88. The number of nitrogen functional groups attached to an aromatic ring is 1. The van der Waals surface area contributed by atoms with E-state index in [9.17, 15) is 27.9 Å². The number of piperidine rings is 1. The number of aromatic nitrogens is 1. The van der Waals surface area contributed by atoms with Gasteiger partial charge in [-0.25, -0.2) is 9.78 Å². The van der Waals surface area contributed by atoms with Gasteiger partial charge in [0.05, 0.1) is 5.54 Å². The first-order valence-corrected chi connectivity index (χ1v) is 17.5. The van der Waals surface area contributed by atoms with Gasteiger partial charge in [-0.05, 0) is 83.7 Å². The van der Waals surface area contributed by atoms with E-state index in [1.54, 1.807) is 12.1 Å². The van der Waals surface area contributed by atoms with Crippen LogP contribution in [0, 0.1) is 5.41 Å². The molecule has 20 heteroatoms. The topological polar surface area (TPSA) is 268 Å². The largest absolute Gasteiger partial charge is 0.485 e. The number of fused-ring (bicyclic) bond motifs is 1. The molecule has 0 bridgehead atoms. The second kappa shape index (κ2) is 13.5. The van der Waals surface area contributed by atoms with E-state index in [2.05, 4.69) is 37.3 Å². The smallest absolute Gasteiger partial charge is 0.418 e. The number of oxime groups is 1. The van der Waals surface area contributed by atoms with E-state index in [1.807, 2.05) is 6.07 Å². The van der Waals surface area contributed by atoms with Gasteiger partial charge in [-0.2, -0.15) is 13.5 Å². The summed E-state index contributed by atoms with van der Waals surface area (Å²) in [6.07, 6.45) is 1.33. The number of ether oxygens (including phenoxy) is 1. The number of benzene rings is 1. The van der Waals surface area contributed by atoms with Crippen LogP contribution >= 0.6 is 11.3 Å². The number of nitrogens with one attached hydrogen (secondary N) is 4. The molecule has 2 fully saturated rings. The van der Waals surface area contributed by atoms with E-state index in [0.29, 0.717) is 28.8 Å². The number of amides is 2. The number of carbonyl (C=O) groups is 3. The van der Waals surface area contributed by atoms with Crippen molar-refractivity contribution in [2.75, 3.05) is 12.3 Å². The molecular weight excluding hydrogens is 684 g/mol. The molecule has 5 atom stereocenters. The van der Waals surface area contributed by atoms with Crippen molar-refractivity contribution in [2.24, 2.45) is 5.16 Å². The summed E-state index contributed by atoms with van der Waals surface area (Å²) in [5.74, 6) is -2.75. The summed E-state index contributed by atoms with van der Waals surface area (Å²) in [6.45, 7) is 6.96. The van der Waals surface area contributed by atoms with Gasteiger partial charge in [0.25, 0.3) is 17.4 Å². The lowest BCUT2D eigenvalue weighted by atomic mass is 9.84. The van der Waals surface area contributed by atoms with Crippen molar-refractivity contribution in [3.05, 3.63) is 40.4 Å². The molecule has 2 amide bonds. The Hall–Kier alpha value is -4.37. The van der Waals surface area contributed by atoms with E-state index in [4.69, 9.17) is 25.3 Å². The van der Waals surface area contributed by atoms with Gasteiger partial charge in [0.15, 0.2) is 16.9 Å². The van der Waals surface area contributed by atoms with Gasteiger partial charge in [-0.15, -0.1) is 15.6 Å². The fraction of sp³-hybridized carbons (Fsp3) is 0.517. The van der Waals surface area contributed by atoms with Gasteiger partial charge < -0.3 is 36.4 Å². The quantitative estimate of drug-likeness (QED) is 0.0550. The number of nitrogens with zero attached hydrogens (tertiary/aromatic N) is 3. The fourth-order valence-corrected chi connectivity index (χ4v) is 6.88. The number of carbonyl (C=O) groups excluding carboxylic acids is 2. The van der Waals surface area contributed by atoms with Gasteiger partial charge in [0.2, 0.25) is 0 Å². The molecule has 5 rings (SSSR count). The number of anilines is 1. The summed E-state index contributed by atoms with van der Waals surface area (Å²) in [5, 5.41) is 33.7. The number of carboxylic acids is 1. The number of nitrogens with two attached hydrogens (primary N) is 1. The average molecular weight is 723 g/mol. The van der Waals surface area contributed by atoms with Crippen molar-refractivity contribution in [2.45, 2.75) is 88.7 Å². The van der Waals surface area contributed by atoms with Crippen molar-refractivity contribution < 1.29 is 46.3 Å². The molecule has 18 nitrogen and oxygen atoms in total. The number of rotatable bonds is 11. The molecule has 8 N–H and O–H groups in total. The predicted octanol–water partition coefficient (Wildman–Crippen LogP) is 0.579. The van der Waals surface area contributed by atoms with E-state index < -0.39 is 57.2 Å². The Morgan fingerprint density at radius 2 is 2.04 bits per heavy atom. The minimum Gasteiger partial charge on any atom is -0.485 e. The zero-order chi connectivity index (χ0) is 35.9. The zero-order valence-corrected chi connectivity index (χ0v) is 28.7. The van der Waals surface area contributed by atoms with Crippen LogP contribution < -0.4 is 26.4 Å². The van der Waals surface area contributed by atoms with E-state index in [0.717, 1.165) is 36.3 Å². The monoisotopic (exact) mass is 722 g/mol. The Kier molecular flexibility index (Phi) is 9.90. The van der Waals surface area contributed by atoms with Crippen LogP contribution in [-0.2, 0) is 40.3 Å². The maximum Gasteiger partial charge on any atom is 0.418 e. The normalized spacial score (nSPS) is 24.8. The molecule has 49 heavy (non-hydrogen) atoms. The summed E-state index contributed by atoms with van der Waals surface area (Å²) in [7, 11) is -5.03. The summed E-state index contributed by atoms with van der Waals surface area (Å²) in [5.41, 5.74) is 3.06. The van der Waals surface area contributed by atoms with E-state index >= 15 is 0 Å². The second-order valence-corrected chi connectivity index (χ2v) is 14.7. The number of β-lactam (4-membered cyclic amide) rings is 1. The molecule has 1 aromatic carbocycles. The van der Waals surface area contributed by atoms with E-state index in [-0.39, 0.29) is 29.1 Å². The van der Waals surface area contributed by atoms with Gasteiger partial charge >= 0.3 is 16.4 Å². The lowest BCUT2D eigenvalue weighted by Gasteiger charge is -2.50. The van der Waals surface area contributed by atoms with Crippen LogP contribution in [-0.4, -0.2) is 99.4 Å². The van der Waals surface area contributed by atoms with Crippen molar-refractivity contribution in [3.8, 4) is 5.75 Å². The van der Waals surface area contributed by atoms with Crippen LogP contribution in [0.2, 0.25) is 0 Å². The molecule has 0 unspecified atom stereocenters. The maximum atomic E-state index is 13.5. The highest BCUT2D eigenvalue weighted by molar-refractivity contribution is 7.80. The summed E-state index contributed by atoms with van der Waals surface area (Å²) >= 11 is 0.966. The van der Waals surface area contributed by atoms with Crippen molar-refractivity contribution >= 4 is 56.2 Å². The number of aryl methyl sites for hydroxylation is 1. The lowest BCUT2D eigenvalue weighted by Crippen LogP contribution is -2.76. The van der Waals surface area contributed by atoms with Gasteiger partial charge in [0, 0.05) is 23.0 Å². The van der Waals surface area contributed by atoms with Crippen molar-refractivity contribution in [1.82, 2.24) is 26.0 Å².